The molecule has 30 heavy (non-hydrogen) atoms. The number of carboxylic acids is 2. The Labute approximate surface area is 176 Å². The van der Waals surface area contributed by atoms with E-state index >= 15 is 0 Å². The lowest BCUT2D eigenvalue weighted by Gasteiger charge is -2.22. The number of carboxylic acid groups (broad SMARTS) is 2. The summed E-state index contributed by atoms with van der Waals surface area (Å²) in [7, 11) is 0. The van der Waals surface area contributed by atoms with Gasteiger partial charge in [0.15, 0.2) is 0 Å². The molecule has 0 aliphatic heterocycles. The highest BCUT2D eigenvalue weighted by Gasteiger charge is 2.29. The second kappa shape index (κ2) is 13.3. The number of hydrogen-bond donors (Lipinski definition) is 4. The topological polar surface area (TPSA) is 151 Å². The van der Waals surface area contributed by atoms with Crippen LogP contribution in [0.25, 0.3) is 0 Å². The number of aromatic nitrogens is 2. The number of hydrogen-bond acceptors (Lipinski definition) is 5. The average molecular weight is 424 g/mol. The highest BCUT2D eigenvalue weighted by molar-refractivity contribution is 5.92. The van der Waals surface area contributed by atoms with Gasteiger partial charge in [0, 0.05) is 25.4 Å². The SMILES string of the molecule is CC(C)[C@H](NC(=O)[C@H](CC(=O)O)NC(=O)CCCCCCCn1ccnc1)C(=O)O. The van der Waals surface area contributed by atoms with Gasteiger partial charge in [-0.05, 0) is 18.8 Å². The van der Waals surface area contributed by atoms with E-state index in [4.69, 9.17) is 5.11 Å². The minimum Gasteiger partial charge on any atom is -0.481 e. The van der Waals surface area contributed by atoms with Gasteiger partial charge in [0.2, 0.25) is 11.8 Å². The molecule has 0 aliphatic rings. The van der Waals surface area contributed by atoms with E-state index < -0.39 is 42.3 Å². The summed E-state index contributed by atoms with van der Waals surface area (Å²) in [6.07, 6.45) is 9.47. The van der Waals surface area contributed by atoms with Gasteiger partial charge >= 0.3 is 11.9 Å². The van der Waals surface area contributed by atoms with E-state index in [-0.39, 0.29) is 12.3 Å². The highest BCUT2D eigenvalue weighted by Crippen LogP contribution is 2.08. The van der Waals surface area contributed by atoms with Crippen molar-refractivity contribution in [3.63, 3.8) is 0 Å². The van der Waals surface area contributed by atoms with Gasteiger partial charge in [0.25, 0.3) is 0 Å². The zero-order valence-corrected chi connectivity index (χ0v) is 17.5. The smallest absolute Gasteiger partial charge is 0.326 e. The predicted octanol–water partition coefficient (Wildman–Crippen LogP) is 1.41. The van der Waals surface area contributed by atoms with E-state index in [1.54, 1.807) is 26.4 Å². The van der Waals surface area contributed by atoms with Crippen LogP contribution in [-0.4, -0.2) is 55.6 Å². The number of aryl methyl sites for hydroxylation is 1. The predicted molar refractivity (Wildman–Crippen MR) is 109 cm³/mol. The summed E-state index contributed by atoms with van der Waals surface area (Å²) in [5, 5.41) is 22.9. The Morgan fingerprint density at radius 1 is 1.00 bits per heavy atom. The van der Waals surface area contributed by atoms with Crippen molar-refractivity contribution in [2.45, 2.75) is 77.4 Å². The summed E-state index contributed by atoms with van der Waals surface area (Å²) in [5.41, 5.74) is 0. The number of nitrogens with one attached hydrogen (secondary N) is 2. The average Bonchev–Trinajstić information content (AvgIpc) is 3.17. The van der Waals surface area contributed by atoms with Crippen molar-refractivity contribution in [1.29, 1.82) is 0 Å². The van der Waals surface area contributed by atoms with Crippen molar-refractivity contribution in [2.75, 3.05) is 0 Å². The van der Waals surface area contributed by atoms with Crippen LogP contribution in [-0.2, 0) is 25.7 Å². The number of carbonyl (C=O) groups is 4. The van der Waals surface area contributed by atoms with Crippen LogP contribution in [0.5, 0.6) is 0 Å². The zero-order valence-electron chi connectivity index (χ0n) is 17.5. The maximum absolute atomic E-state index is 12.3. The van der Waals surface area contributed by atoms with Crippen molar-refractivity contribution in [3.8, 4) is 0 Å². The van der Waals surface area contributed by atoms with E-state index in [0.717, 1.165) is 32.2 Å². The molecule has 10 heteroatoms. The standard InChI is InChI=1S/C20H32N4O6/c1-14(2)18(20(29)30)23-19(28)15(12-17(26)27)22-16(25)8-6-4-3-5-7-10-24-11-9-21-13-24/h9,11,13-15,18H,3-8,10,12H2,1-2H3,(H,22,25)(H,23,28)(H,26,27)(H,29,30)/t15-,18-/m0/s1. The monoisotopic (exact) mass is 424 g/mol. The lowest BCUT2D eigenvalue weighted by Crippen LogP contribution is -2.53. The molecule has 1 aromatic heterocycles. The number of carbonyl (C=O) groups excluding carboxylic acids is 2. The van der Waals surface area contributed by atoms with Crippen molar-refractivity contribution in [1.82, 2.24) is 20.2 Å². The Hall–Kier alpha value is -2.91. The molecule has 0 saturated heterocycles. The third-order valence-electron chi connectivity index (χ3n) is 4.64. The first-order chi connectivity index (χ1) is 14.2. The number of rotatable bonds is 15. The van der Waals surface area contributed by atoms with Gasteiger partial charge in [-0.3, -0.25) is 14.4 Å². The van der Waals surface area contributed by atoms with Crippen molar-refractivity contribution in [3.05, 3.63) is 18.7 Å². The molecule has 0 unspecified atom stereocenters. The quantitative estimate of drug-likeness (QED) is 0.311. The highest BCUT2D eigenvalue weighted by atomic mass is 16.4. The van der Waals surface area contributed by atoms with Crippen LogP contribution in [0.4, 0.5) is 0 Å². The first kappa shape index (κ1) is 25.1. The maximum Gasteiger partial charge on any atom is 0.326 e. The molecule has 1 aromatic rings. The van der Waals surface area contributed by atoms with Crippen LogP contribution in [0.15, 0.2) is 18.7 Å². The van der Waals surface area contributed by atoms with Gasteiger partial charge < -0.3 is 25.4 Å². The third kappa shape index (κ3) is 10.0. The molecule has 0 saturated carbocycles. The lowest BCUT2D eigenvalue weighted by atomic mass is 10.0. The molecule has 2 amide bonds. The fraction of sp³-hybridized carbons (Fsp3) is 0.650. The number of aliphatic carboxylic acids is 2. The van der Waals surface area contributed by atoms with Crippen LogP contribution in [0.3, 0.4) is 0 Å². The van der Waals surface area contributed by atoms with E-state index in [2.05, 4.69) is 15.6 Å². The van der Waals surface area contributed by atoms with Gasteiger partial charge in [0.05, 0.1) is 12.7 Å². The van der Waals surface area contributed by atoms with Crippen LogP contribution in [0, 0.1) is 5.92 Å². The normalized spacial score (nSPS) is 12.9. The molecule has 0 bridgehead atoms. The number of amides is 2. The maximum atomic E-state index is 12.3. The first-order valence-electron chi connectivity index (χ1n) is 10.2. The fourth-order valence-corrected chi connectivity index (χ4v) is 2.95. The molecular formula is C20H32N4O6. The Bertz CT molecular complexity index is 689. The summed E-state index contributed by atoms with van der Waals surface area (Å²) >= 11 is 0. The lowest BCUT2D eigenvalue weighted by molar-refractivity contribution is -0.144. The summed E-state index contributed by atoms with van der Waals surface area (Å²) in [5.74, 6) is -4.10. The van der Waals surface area contributed by atoms with Crippen molar-refractivity contribution >= 4 is 23.8 Å². The Morgan fingerprint density at radius 3 is 2.23 bits per heavy atom. The second-order valence-electron chi connectivity index (χ2n) is 7.60. The van der Waals surface area contributed by atoms with Crippen LogP contribution in [0.1, 0.15) is 58.8 Å². The van der Waals surface area contributed by atoms with Crippen LogP contribution < -0.4 is 10.6 Å². The Balaban J connectivity index is 2.36. The Kier molecular flexibility index (Phi) is 11.2. The van der Waals surface area contributed by atoms with Gasteiger partial charge in [-0.25, -0.2) is 9.78 Å². The fourth-order valence-electron chi connectivity index (χ4n) is 2.95. The number of imidazole rings is 1. The molecule has 0 radical (unpaired) electrons. The van der Waals surface area contributed by atoms with Crippen LogP contribution in [0.2, 0.25) is 0 Å². The van der Waals surface area contributed by atoms with Gasteiger partial charge in [0.1, 0.15) is 12.1 Å². The van der Waals surface area contributed by atoms with E-state index in [1.165, 1.54) is 0 Å². The molecule has 168 valence electrons. The zero-order chi connectivity index (χ0) is 22.5. The Morgan fingerprint density at radius 2 is 1.67 bits per heavy atom. The molecule has 0 fully saturated rings. The van der Waals surface area contributed by atoms with Gasteiger partial charge in [-0.15, -0.1) is 0 Å². The summed E-state index contributed by atoms with van der Waals surface area (Å²) in [4.78, 5) is 50.7. The second-order valence-corrected chi connectivity index (χ2v) is 7.60. The molecule has 0 spiro atoms. The van der Waals surface area contributed by atoms with Gasteiger partial charge in [-0.1, -0.05) is 33.1 Å². The largest absolute Gasteiger partial charge is 0.481 e. The van der Waals surface area contributed by atoms with Gasteiger partial charge in [-0.2, -0.15) is 0 Å². The summed E-state index contributed by atoms with van der Waals surface area (Å²) < 4.78 is 2.01. The third-order valence-corrected chi connectivity index (χ3v) is 4.64. The molecule has 0 aliphatic carbocycles. The summed E-state index contributed by atoms with van der Waals surface area (Å²) in [6.45, 7) is 4.15. The molecule has 2 atom stereocenters. The number of nitrogens with zero attached hydrogens (tertiary/aromatic N) is 2. The van der Waals surface area contributed by atoms with E-state index in [9.17, 15) is 24.3 Å². The molecule has 1 heterocycles. The molecule has 4 N–H and O–H groups in total. The van der Waals surface area contributed by atoms with Crippen LogP contribution >= 0.6 is 0 Å². The minimum atomic E-state index is -1.31. The summed E-state index contributed by atoms with van der Waals surface area (Å²) in [6, 6.07) is -2.47. The molecule has 0 aromatic carbocycles. The van der Waals surface area contributed by atoms with Crippen molar-refractivity contribution < 1.29 is 29.4 Å². The van der Waals surface area contributed by atoms with E-state index in [0.29, 0.717) is 6.42 Å². The van der Waals surface area contributed by atoms with E-state index in [1.807, 2.05) is 10.8 Å². The molecule has 1 rings (SSSR count). The minimum absolute atomic E-state index is 0.178. The molecule has 10 nitrogen and oxygen atoms in total. The molecular weight excluding hydrogens is 392 g/mol. The number of unbranched alkanes of at least 4 members (excludes halogenated alkanes) is 4. The first-order valence-corrected chi connectivity index (χ1v) is 10.2. The van der Waals surface area contributed by atoms with Crippen molar-refractivity contribution in [2.24, 2.45) is 5.92 Å².